The van der Waals surface area contributed by atoms with Crippen LogP contribution in [-0.2, 0) is 4.79 Å². The minimum atomic E-state index is 0. The van der Waals surface area contributed by atoms with Crippen molar-refractivity contribution in [3.63, 3.8) is 0 Å². The number of hydrogen-bond donors (Lipinski definition) is 1. The Bertz CT molecular complexity index is 142. The molecule has 1 aliphatic carbocycles. The first-order valence-electron chi connectivity index (χ1n) is 2.78. The molecular formula is C6H9KNO. The van der Waals surface area contributed by atoms with E-state index in [0.717, 1.165) is 18.5 Å². The van der Waals surface area contributed by atoms with E-state index in [-0.39, 0.29) is 57.2 Å². The number of hydrogen-bond acceptors (Lipinski definition) is 2. The number of allylic oxidation sites excluding steroid dienone is 2. The Balaban J connectivity index is 0.000000640. The maximum absolute atomic E-state index is 10.5. The minimum absolute atomic E-state index is 0. The Morgan fingerprint density at radius 3 is 2.44 bits per heavy atom. The zero-order valence-corrected chi connectivity index (χ0v) is 8.81. The molecule has 0 unspecified atom stereocenters. The van der Waals surface area contributed by atoms with Crippen molar-refractivity contribution in [2.75, 3.05) is 0 Å². The van der Waals surface area contributed by atoms with Crippen LogP contribution in [0.1, 0.15) is 19.3 Å². The van der Waals surface area contributed by atoms with Crippen LogP contribution < -0.4 is 5.73 Å². The second-order valence-electron chi connectivity index (χ2n) is 2.04. The fourth-order valence-electron chi connectivity index (χ4n) is 0.818. The largest absolute Gasteiger partial charge is 0.402 e. The second-order valence-corrected chi connectivity index (χ2v) is 2.04. The number of rotatable bonds is 0. The van der Waals surface area contributed by atoms with Crippen LogP contribution in [0, 0.1) is 0 Å². The van der Waals surface area contributed by atoms with E-state index >= 15 is 0 Å². The number of carbonyl (C=O) groups excluding carboxylic acids is 1. The first kappa shape index (κ1) is 9.85. The maximum atomic E-state index is 10.5. The van der Waals surface area contributed by atoms with Gasteiger partial charge in [-0.3, -0.25) is 4.79 Å². The zero-order chi connectivity index (χ0) is 5.98. The standard InChI is InChI=1S/C6H9NO.K/c7-5-2-1-3-6(8)4-5;/h4H,1-3,7H2;. The third-order valence-corrected chi connectivity index (χ3v) is 1.24. The Morgan fingerprint density at radius 1 is 1.44 bits per heavy atom. The van der Waals surface area contributed by atoms with Gasteiger partial charge in [-0.15, -0.1) is 0 Å². The number of carbonyl (C=O) groups is 1. The quantitative estimate of drug-likeness (QED) is 0.501. The molecule has 3 heteroatoms. The van der Waals surface area contributed by atoms with Crippen LogP contribution in [0.2, 0.25) is 0 Å². The van der Waals surface area contributed by atoms with Gasteiger partial charge in [0.05, 0.1) is 0 Å². The van der Waals surface area contributed by atoms with Crippen LogP contribution in [0.4, 0.5) is 0 Å². The summed E-state index contributed by atoms with van der Waals surface area (Å²) < 4.78 is 0. The van der Waals surface area contributed by atoms with Gasteiger partial charge in [0.2, 0.25) is 0 Å². The molecule has 2 nitrogen and oxygen atoms in total. The average Bonchev–Trinajstić information content (AvgIpc) is 1.64. The van der Waals surface area contributed by atoms with Crippen LogP contribution in [-0.4, -0.2) is 57.2 Å². The topological polar surface area (TPSA) is 43.1 Å². The van der Waals surface area contributed by atoms with Gasteiger partial charge in [0.1, 0.15) is 0 Å². The van der Waals surface area contributed by atoms with Crippen LogP contribution in [0.3, 0.4) is 0 Å². The molecule has 0 saturated carbocycles. The summed E-state index contributed by atoms with van der Waals surface area (Å²) in [7, 11) is 0. The molecular weight excluding hydrogens is 141 g/mol. The van der Waals surface area contributed by atoms with E-state index in [0.29, 0.717) is 6.42 Å². The summed E-state index contributed by atoms with van der Waals surface area (Å²) in [4.78, 5) is 10.5. The minimum Gasteiger partial charge on any atom is -0.402 e. The van der Waals surface area contributed by atoms with Gasteiger partial charge in [-0.05, 0) is 18.9 Å². The normalized spacial score (nSPS) is 18.2. The predicted octanol–water partition coefficient (Wildman–Crippen LogP) is 0.201. The Hall–Kier alpha value is 0.846. The molecule has 0 fully saturated rings. The predicted molar refractivity (Wildman–Crippen MR) is 36.9 cm³/mol. The van der Waals surface area contributed by atoms with Gasteiger partial charge >= 0.3 is 0 Å². The molecule has 0 amide bonds. The Morgan fingerprint density at radius 2 is 2.11 bits per heavy atom. The molecule has 0 spiro atoms. The van der Waals surface area contributed by atoms with Crippen LogP contribution in [0.5, 0.6) is 0 Å². The first-order valence-corrected chi connectivity index (χ1v) is 2.78. The molecule has 0 aliphatic heterocycles. The van der Waals surface area contributed by atoms with Crippen molar-refractivity contribution in [2.45, 2.75) is 19.3 Å². The van der Waals surface area contributed by atoms with Crippen molar-refractivity contribution >= 4 is 57.2 Å². The summed E-state index contributed by atoms with van der Waals surface area (Å²) >= 11 is 0. The first-order chi connectivity index (χ1) is 3.79. The van der Waals surface area contributed by atoms with Gasteiger partial charge in [-0.25, -0.2) is 0 Å². The zero-order valence-electron chi connectivity index (χ0n) is 5.68. The maximum Gasteiger partial charge on any atom is 0.157 e. The average molecular weight is 150 g/mol. The second kappa shape index (κ2) is 4.63. The summed E-state index contributed by atoms with van der Waals surface area (Å²) in [6.45, 7) is 0. The van der Waals surface area contributed by atoms with E-state index < -0.39 is 0 Å². The van der Waals surface area contributed by atoms with Crippen LogP contribution >= 0.6 is 0 Å². The summed E-state index contributed by atoms with van der Waals surface area (Å²) in [6.07, 6.45) is 4.04. The fourth-order valence-corrected chi connectivity index (χ4v) is 0.818. The summed E-state index contributed by atoms with van der Waals surface area (Å²) in [5.74, 6) is 0.175. The molecule has 9 heavy (non-hydrogen) atoms. The molecule has 0 heterocycles. The van der Waals surface area contributed by atoms with Crippen LogP contribution in [0.25, 0.3) is 0 Å². The molecule has 1 rings (SSSR count). The van der Waals surface area contributed by atoms with Crippen molar-refractivity contribution in [1.29, 1.82) is 0 Å². The van der Waals surface area contributed by atoms with Crippen LogP contribution in [0.15, 0.2) is 11.8 Å². The van der Waals surface area contributed by atoms with Crippen molar-refractivity contribution in [2.24, 2.45) is 5.73 Å². The molecule has 1 aliphatic rings. The Labute approximate surface area is 97.3 Å². The van der Waals surface area contributed by atoms with Gasteiger partial charge in [-0.2, -0.15) is 0 Å². The van der Waals surface area contributed by atoms with Crippen molar-refractivity contribution in [1.82, 2.24) is 0 Å². The monoisotopic (exact) mass is 150 g/mol. The van der Waals surface area contributed by atoms with E-state index in [1.54, 1.807) is 0 Å². The molecule has 2 N–H and O–H groups in total. The molecule has 1 radical (unpaired) electrons. The van der Waals surface area contributed by atoms with Gasteiger partial charge in [0.25, 0.3) is 0 Å². The molecule has 0 bridgehead atoms. The third-order valence-electron chi connectivity index (χ3n) is 1.24. The molecule has 0 saturated heterocycles. The molecule has 0 aromatic rings. The fraction of sp³-hybridized carbons (Fsp3) is 0.500. The SMILES string of the molecule is NC1=CC(=O)CCC1.[K]. The van der Waals surface area contributed by atoms with E-state index in [1.807, 2.05) is 0 Å². The van der Waals surface area contributed by atoms with Gasteiger partial charge < -0.3 is 5.73 Å². The van der Waals surface area contributed by atoms with E-state index in [2.05, 4.69) is 0 Å². The van der Waals surface area contributed by atoms with Gasteiger partial charge in [0, 0.05) is 63.5 Å². The Kier molecular flexibility index (Phi) is 5.06. The molecule has 0 aromatic heterocycles. The number of nitrogens with two attached hydrogens (primary N) is 1. The van der Waals surface area contributed by atoms with Gasteiger partial charge in [-0.1, -0.05) is 0 Å². The van der Waals surface area contributed by atoms with E-state index in [9.17, 15) is 4.79 Å². The molecule has 0 atom stereocenters. The smallest absolute Gasteiger partial charge is 0.157 e. The molecule has 0 aromatic carbocycles. The third kappa shape index (κ3) is 3.52. The summed E-state index contributed by atoms with van der Waals surface area (Å²) in [5, 5.41) is 0. The van der Waals surface area contributed by atoms with Crippen molar-refractivity contribution in [3.05, 3.63) is 11.8 Å². The molecule has 45 valence electrons. The summed E-state index contributed by atoms with van der Waals surface area (Å²) in [6, 6.07) is 0. The van der Waals surface area contributed by atoms with Crippen molar-refractivity contribution in [3.8, 4) is 0 Å². The van der Waals surface area contributed by atoms with Gasteiger partial charge in [0.15, 0.2) is 5.78 Å². The van der Waals surface area contributed by atoms with Crippen molar-refractivity contribution < 1.29 is 4.79 Å². The van der Waals surface area contributed by atoms with E-state index in [1.165, 1.54) is 6.08 Å². The number of ketones is 1. The van der Waals surface area contributed by atoms with E-state index in [4.69, 9.17) is 5.73 Å². The summed E-state index contributed by atoms with van der Waals surface area (Å²) in [5.41, 5.74) is 6.10.